The summed E-state index contributed by atoms with van der Waals surface area (Å²) in [5, 5.41) is 18.5. The van der Waals surface area contributed by atoms with Gasteiger partial charge >= 0.3 is 0 Å². The topological polar surface area (TPSA) is 159 Å². The zero-order chi connectivity index (χ0) is 32.4. The van der Waals surface area contributed by atoms with Crippen LogP contribution in [0.2, 0.25) is 0 Å². The number of anilines is 3. The van der Waals surface area contributed by atoms with E-state index < -0.39 is 11.8 Å². The maximum Gasteiger partial charge on any atom is 0.261 e. The van der Waals surface area contributed by atoms with Gasteiger partial charge in [-0.15, -0.1) is 0 Å². The second-order valence-corrected chi connectivity index (χ2v) is 12.3. The van der Waals surface area contributed by atoms with Crippen molar-refractivity contribution in [3.8, 4) is 11.1 Å². The molecule has 3 heterocycles. The lowest BCUT2D eigenvalue weighted by atomic mass is 9.92. The highest BCUT2D eigenvalue weighted by molar-refractivity contribution is 6.28. The number of carbonyl (C=O) groups is 3. The Morgan fingerprint density at radius 3 is 2.17 bits per heavy atom. The lowest BCUT2D eigenvalue weighted by Crippen LogP contribution is -2.40. The molecule has 11 heteroatoms. The summed E-state index contributed by atoms with van der Waals surface area (Å²) >= 11 is 0. The van der Waals surface area contributed by atoms with Crippen molar-refractivity contribution < 1.29 is 14.4 Å². The number of likely N-dealkylation sites (tertiary alicyclic amines) is 1. The fourth-order valence-corrected chi connectivity index (χ4v) is 5.92. The van der Waals surface area contributed by atoms with Crippen LogP contribution in [0.4, 0.5) is 17.2 Å². The number of nitrogens with two attached hydrogens (primary N) is 1. The molecule has 2 aromatic carbocycles. The molecule has 0 atom stereocenters. The standard InChI is InChI=1S/C35H38N8O3/c1-21(2)35(46)42-16-14-24(15-17-42)30-19-27(31-32(37)38-20-39-43(30)31)22-10-12-26(13-11-22)41-34(45)28(18-29(36)23-8-9-23)33(44)40-25-6-4-3-5-7-25/h3-7,10-13,18-21,23-24,36H,8-9,14-17H2,1-2H3,(H,40,44)(H,41,45)(H2,37,38,39)/b28-18+,36-29?. The molecule has 0 spiro atoms. The number of hydrogen-bond donors (Lipinski definition) is 4. The summed E-state index contributed by atoms with van der Waals surface area (Å²) in [5.41, 5.74) is 11.0. The van der Waals surface area contributed by atoms with E-state index in [0.29, 0.717) is 35.8 Å². The zero-order valence-electron chi connectivity index (χ0n) is 26.0. The number of para-hydroxylation sites is 1. The monoisotopic (exact) mass is 618 g/mol. The molecule has 0 radical (unpaired) electrons. The first-order chi connectivity index (χ1) is 22.2. The fraction of sp³-hybridized carbons (Fsp3) is 0.314. The highest BCUT2D eigenvalue weighted by atomic mass is 16.2. The normalized spacial score (nSPS) is 15.6. The zero-order valence-corrected chi connectivity index (χ0v) is 26.0. The van der Waals surface area contributed by atoms with E-state index in [0.717, 1.165) is 42.5 Å². The average Bonchev–Trinajstić information content (AvgIpc) is 3.84. The summed E-state index contributed by atoms with van der Waals surface area (Å²) in [4.78, 5) is 45.2. The Morgan fingerprint density at radius 1 is 0.935 bits per heavy atom. The highest BCUT2D eigenvalue weighted by Crippen LogP contribution is 2.37. The Kier molecular flexibility index (Phi) is 8.65. The molecule has 2 aliphatic rings. The van der Waals surface area contributed by atoms with Crippen LogP contribution in [0.15, 0.2) is 78.6 Å². The van der Waals surface area contributed by atoms with E-state index in [1.165, 1.54) is 12.4 Å². The Bertz CT molecular complexity index is 1820. The van der Waals surface area contributed by atoms with Gasteiger partial charge in [-0.05, 0) is 67.7 Å². The van der Waals surface area contributed by atoms with Crippen molar-refractivity contribution in [1.29, 1.82) is 5.41 Å². The minimum atomic E-state index is -0.594. The van der Waals surface area contributed by atoms with E-state index in [1.54, 1.807) is 36.4 Å². The third-order valence-electron chi connectivity index (χ3n) is 8.62. The van der Waals surface area contributed by atoms with Gasteiger partial charge in [-0.1, -0.05) is 44.2 Å². The van der Waals surface area contributed by atoms with E-state index in [2.05, 4.69) is 26.8 Å². The van der Waals surface area contributed by atoms with Gasteiger partial charge < -0.3 is 26.7 Å². The van der Waals surface area contributed by atoms with Crippen LogP contribution in [-0.2, 0) is 14.4 Å². The van der Waals surface area contributed by atoms with Crippen LogP contribution in [0.25, 0.3) is 16.6 Å². The Hall–Kier alpha value is -5.32. The third kappa shape index (κ3) is 6.53. The summed E-state index contributed by atoms with van der Waals surface area (Å²) in [6, 6.07) is 18.3. The summed E-state index contributed by atoms with van der Waals surface area (Å²) in [6.45, 7) is 5.24. The van der Waals surface area contributed by atoms with E-state index >= 15 is 0 Å². The van der Waals surface area contributed by atoms with Crippen LogP contribution in [0.3, 0.4) is 0 Å². The molecular formula is C35H38N8O3. The molecule has 4 aromatic rings. The molecule has 236 valence electrons. The predicted molar refractivity (Wildman–Crippen MR) is 178 cm³/mol. The van der Waals surface area contributed by atoms with E-state index in [-0.39, 0.29) is 34.9 Å². The van der Waals surface area contributed by atoms with Gasteiger partial charge in [0.15, 0.2) is 5.82 Å². The number of amides is 3. The second kappa shape index (κ2) is 13.0. The number of hydrogen-bond acceptors (Lipinski definition) is 7. The van der Waals surface area contributed by atoms with Gasteiger partial charge in [0.25, 0.3) is 11.8 Å². The maximum absolute atomic E-state index is 13.4. The molecule has 6 rings (SSSR count). The molecule has 1 aliphatic carbocycles. The average molecular weight is 619 g/mol. The molecular weight excluding hydrogens is 580 g/mol. The predicted octanol–water partition coefficient (Wildman–Crippen LogP) is 5.27. The van der Waals surface area contributed by atoms with Gasteiger partial charge in [0.1, 0.15) is 17.4 Å². The minimum Gasteiger partial charge on any atom is -0.382 e. The number of carbonyl (C=O) groups excluding carboxylic acids is 3. The van der Waals surface area contributed by atoms with Crippen molar-refractivity contribution in [1.82, 2.24) is 19.5 Å². The fourth-order valence-electron chi connectivity index (χ4n) is 5.92. The number of nitrogens with one attached hydrogen (secondary N) is 3. The first kappa shape index (κ1) is 30.7. The van der Waals surface area contributed by atoms with E-state index in [4.69, 9.17) is 11.1 Å². The van der Waals surface area contributed by atoms with Gasteiger partial charge in [0, 0.05) is 59.2 Å². The smallest absolute Gasteiger partial charge is 0.261 e. The number of rotatable bonds is 9. The molecule has 46 heavy (non-hydrogen) atoms. The van der Waals surface area contributed by atoms with Crippen molar-refractivity contribution in [2.24, 2.45) is 11.8 Å². The van der Waals surface area contributed by atoms with Gasteiger partial charge in [0.2, 0.25) is 5.91 Å². The summed E-state index contributed by atoms with van der Waals surface area (Å²) in [7, 11) is 0. The Labute approximate surface area is 267 Å². The first-order valence-electron chi connectivity index (χ1n) is 15.7. The second-order valence-electron chi connectivity index (χ2n) is 12.3. The van der Waals surface area contributed by atoms with Crippen LogP contribution in [0.1, 0.15) is 51.1 Å². The van der Waals surface area contributed by atoms with Gasteiger partial charge in [0.05, 0.1) is 0 Å². The van der Waals surface area contributed by atoms with Crippen molar-refractivity contribution in [3.05, 3.63) is 84.3 Å². The summed E-state index contributed by atoms with van der Waals surface area (Å²) < 4.78 is 1.86. The summed E-state index contributed by atoms with van der Waals surface area (Å²) in [6.07, 6.45) is 6.24. The highest BCUT2D eigenvalue weighted by Gasteiger charge is 2.30. The molecule has 1 saturated carbocycles. The van der Waals surface area contributed by atoms with Crippen LogP contribution in [0.5, 0.6) is 0 Å². The Morgan fingerprint density at radius 2 is 1.57 bits per heavy atom. The van der Waals surface area contributed by atoms with Crippen LogP contribution in [-0.4, -0.2) is 56.0 Å². The number of nitrogens with zero attached hydrogens (tertiary/aromatic N) is 4. The van der Waals surface area contributed by atoms with Crippen LogP contribution < -0.4 is 16.4 Å². The first-order valence-corrected chi connectivity index (χ1v) is 15.7. The van der Waals surface area contributed by atoms with E-state index in [1.807, 2.05) is 41.5 Å². The maximum atomic E-state index is 13.4. The molecule has 2 aromatic heterocycles. The van der Waals surface area contributed by atoms with Crippen molar-refractivity contribution in [2.45, 2.75) is 45.4 Å². The van der Waals surface area contributed by atoms with Gasteiger partial charge in [-0.2, -0.15) is 5.10 Å². The SMILES string of the molecule is CC(C)C(=O)N1CCC(c2cc(-c3ccc(NC(=O)/C(=C/C(=N)C4CC4)C(=O)Nc4ccccc4)cc3)c3c(N)ncnn23)CC1. The van der Waals surface area contributed by atoms with E-state index in [9.17, 15) is 14.4 Å². The number of piperidine rings is 1. The number of nitrogen functional groups attached to an aromatic ring is 1. The largest absolute Gasteiger partial charge is 0.382 e. The van der Waals surface area contributed by atoms with Crippen molar-refractivity contribution >= 4 is 46.1 Å². The Balaban J connectivity index is 1.22. The third-order valence-corrected chi connectivity index (χ3v) is 8.62. The lowest BCUT2D eigenvalue weighted by Gasteiger charge is -2.33. The van der Waals surface area contributed by atoms with Crippen molar-refractivity contribution in [2.75, 3.05) is 29.5 Å². The molecule has 0 unspecified atom stereocenters. The van der Waals surface area contributed by atoms with Crippen molar-refractivity contribution in [3.63, 3.8) is 0 Å². The molecule has 1 aliphatic heterocycles. The quantitative estimate of drug-likeness (QED) is 0.0865. The van der Waals surface area contributed by atoms with Crippen LogP contribution >= 0.6 is 0 Å². The minimum absolute atomic E-state index is 0.0251. The number of aromatic nitrogens is 3. The number of fused-ring (bicyclic) bond motifs is 1. The molecule has 0 bridgehead atoms. The summed E-state index contributed by atoms with van der Waals surface area (Å²) in [5.74, 6) is -0.372. The molecule has 1 saturated heterocycles. The molecule has 5 N–H and O–H groups in total. The number of benzene rings is 2. The van der Waals surface area contributed by atoms with Crippen LogP contribution in [0, 0.1) is 17.2 Å². The van der Waals surface area contributed by atoms with Gasteiger partial charge in [-0.25, -0.2) is 9.50 Å². The number of allylic oxidation sites excluding steroid dienone is 1. The lowest BCUT2D eigenvalue weighted by molar-refractivity contribution is -0.135. The molecule has 2 fully saturated rings. The molecule has 11 nitrogen and oxygen atoms in total. The van der Waals surface area contributed by atoms with Gasteiger partial charge in [-0.3, -0.25) is 14.4 Å². The molecule has 3 amide bonds.